The first-order chi connectivity index (χ1) is 34.6. The molecular weight excluding hydrogens is 925 g/mol. The van der Waals surface area contributed by atoms with Gasteiger partial charge in [0.15, 0.2) is 0 Å². The maximum absolute atomic E-state index is 13.7. The van der Waals surface area contributed by atoms with Crippen LogP contribution in [-0.4, -0.2) is 27.4 Å². The van der Waals surface area contributed by atoms with E-state index in [1.54, 1.807) is 72.8 Å². The van der Waals surface area contributed by atoms with Crippen molar-refractivity contribution in [2.45, 2.75) is 39.3 Å². The van der Waals surface area contributed by atoms with E-state index in [1.165, 1.54) is 36.4 Å². The minimum absolute atomic E-state index is 0.0442. The lowest BCUT2D eigenvalue weighted by Gasteiger charge is -2.05. The van der Waals surface area contributed by atoms with Gasteiger partial charge in [0.1, 0.15) is 0 Å². The summed E-state index contributed by atoms with van der Waals surface area (Å²) < 4.78 is 5.96. The van der Waals surface area contributed by atoms with Crippen molar-refractivity contribution in [3.63, 3.8) is 0 Å². The van der Waals surface area contributed by atoms with E-state index in [1.807, 2.05) is 0 Å². The van der Waals surface area contributed by atoms with Crippen LogP contribution in [0.1, 0.15) is 33.4 Å². The monoisotopic (exact) mass is 954 g/mol. The molecule has 22 heterocycles. The van der Waals surface area contributed by atoms with E-state index in [4.69, 9.17) is 0 Å². The summed E-state index contributed by atoms with van der Waals surface area (Å²) in [6.07, 6.45) is 0. The maximum Gasteiger partial charge on any atom is 0.261 e. The third-order valence-electron chi connectivity index (χ3n) is 14.3. The molecule has 0 saturated heterocycles. The number of hydrogen-bond donors (Lipinski definition) is 0. The molecule has 0 amide bonds. The number of rotatable bonds is 0. The lowest BCUT2D eigenvalue weighted by Crippen LogP contribution is -2.27. The van der Waals surface area contributed by atoms with Crippen LogP contribution in [0.3, 0.4) is 0 Å². The first-order valence-corrected chi connectivity index (χ1v) is 22.6. The van der Waals surface area contributed by atoms with Crippen molar-refractivity contribution in [2.24, 2.45) is 0 Å². The van der Waals surface area contributed by atoms with Crippen LogP contribution in [-0.2, 0) is 39.3 Å². The molecule has 72 heavy (non-hydrogen) atoms. The summed E-state index contributed by atoms with van der Waals surface area (Å²) in [5.41, 5.74) is -4.93. The lowest BCUT2D eigenvalue weighted by molar-refractivity contribution is 0.743. The Balaban J connectivity index is 0.919. The van der Waals surface area contributed by atoms with E-state index in [-0.39, 0.29) is 104 Å². The maximum atomic E-state index is 13.7. The van der Waals surface area contributed by atoms with Gasteiger partial charge in [0, 0.05) is 0 Å². The summed E-state index contributed by atoms with van der Waals surface area (Å²) in [5.74, 6) is 0. The van der Waals surface area contributed by atoms with Gasteiger partial charge >= 0.3 is 0 Å². The van der Waals surface area contributed by atoms with E-state index in [2.05, 4.69) is 0 Å². The quantitative estimate of drug-likeness (QED) is 0.207. The van der Waals surface area contributed by atoms with Crippen LogP contribution in [0.5, 0.6) is 0 Å². The van der Waals surface area contributed by atoms with Gasteiger partial charge in [-0.1, -0.05) is 72.8 Å². The van der Waals surface area contributed by atoms with E-state index in [0.717, 1.165) is 27.4 Å². The Morgan fingerprint density at radius 1 is 0.181 bits per heavy atom. The number of benzene rings is 6. The minimum Gasteiger partial charge on any atom is -0.270 e. The highest BCUT2D eigenvalue weighted by atomic mass is 16.2. The Hall–Kier alpha value is -9.84. The van der Waals surface area contributed by atoms with Crippen molar-refractivity contribution in [3.8, 4) is 0 Å². The highest BCUT2D eigenvalue weighted by Crippen LogP contribution is 2.20. The molecule has 16 aliphatic heterocycles. The summed E-state index contributed by atoms with van der Waals surface area (Å²) in [4.78, 5) is 164. The van der Waals surface area contributed by atoms with Crippen molar-refractivity contribution in [1.82, 2.24) is 27.4 Å². The lowest BCUT2D eigenvalue weighted by atomic mass is 10.1. The molecule has 6 aromatic heterocycles. The van der Waals surface area contributed by atoms with Crippen LogP contribution >= 0.6 is 0 Å². The molecule has 348 valence electrons. The number of aromatic nitrogens is 6. The largest absolute Gasteiger partial charge is 0.270 e. The van der Waals surface area contributed by atoms with Gasteiger partial charge in [-0.2, -0.15) is 0 Å². The van der Waals surface area contributed by atoms with Gasteiger partial charge in [0.25, 0.3) is 66.7 Å². The molecule has 0 fully saturated rings. The molecule has 16 aliphatic rings. The van der Waals surface area contributed by atoms with Crippen molar-refractivity contribution >= 4 is 64.6 Å². The Morgan fingerprint density at radius 2 is 0.278 bits per heavy atom. The summed E-state index contributed by atoms with van der Waals surface area (Å²) in [6.45, 7) is -1.00. The van der Waals surface area contributed by atoms with Crippen molar-refractivity contribution in [1.29, 1.82) is 0 Å². The van der Waals surface area contributed by atoms with Crippen molar-refractivity contribution in [3.05, 3.63) is 267 Å². The average Bonchev–Trinajstić information content (AvgIpc) is 4.08. The first kappa shape index (κ1) is 42.3. The zero-order chi connectivity index (χ0) is 49.8. The molecule has 18 heteroatoms. The van der Waals surface area contributed by atoms with Gasteiger partial charge in [-0.25, -0.2) is 0 Å². The van der Waals surface area contributed by atoms with Gasteiger partial charge in [-0.15, -0.1) is 0 Å². The van der Waals surface area contributed by atoms with Crippen LogP contribution < -0.4 is 66.7 Å². The second-order valence-electron chi connectivity index (χ2n) is 18.5. The predicted octanol–water partition coefficient (Wildman–Crippen LogP) is 0.967. The van der Waals surface area contributed by atoms with Crippen LogP contribution in [0.25, 0.3) is 64.6 Å². The molecular formula is C54H30N6O12. The average molecular weight is 955 g/mol. The van der Waals surface area contributed by atoms with Crippen LogP contribution in [0.15, 0.2) is 167 Å². The van der Waals surface area contributed by atoms with E-state index >= 15 is 0 Å². The molecule has 0 saturated carbocycles. The van der Waals surface area contributed by atoms with Crippen LogP contribution in [0.2, 0.25) is 0 Å². The number of nitrogens with zero attached hydrogens (tertiary/aromatic N) is 6. The molecule has 0 radical (unpaired) electrons. The van der Waals surface area contributed by atoms with Gasteiger partial charge in [-0.3, -0.25) is 84.9 Å². The molecule has 28 rings (SSSR count). The fourth-order valence-electron chi connectivity index (χ4n) is 10.4. The summed E-state index contributed by atoms with van der Waals surface area (Å²) >= 11 is 0. The normalized spacial score (nSPS) is 13.3. The van der Waals surface area contributed by atoms with E-state index in [9.17, 15) is 57.5 Å². The first-order valence-electron chi connectivity index (χ1n) is 22.6. The van der Waals surface area contributed by atoms with Crippen molar-refractivity contribution < 1.29 is 0 Å². The molecule has 0 spiro atoms. The zero-order valence-corrected chi connectivity index (χ0v) is 37.2. The van der Waals surface area contributed by atoms with Crippen LogP contribution in [0, 0.1) is 0 Å². The number of hydrogen-bond acceptors (Lipinski definition) is 12. The Labute approximate surface area is 396 Å². The summed E-state index contributed by atoms with van der Waals surface area (Å²) in [6, 6.07) is 27.0. The highest BCUT2D eigenvalue weighted by molar-refractivity contribution is 6.00. The minimum atomic E-state index is -0.673. The molecule has 0 N–H and O–H groups in total. The zero-order valence-electron chi connectivity index (χ0n) is 37.2. The van der Waals surface area contributed by atoms with Gasteiger partial charge in [0.05, 0.1) is 104 Å². The standard InChI is InChI=1S/C54H30N6O12/c61-43-31-13-35-36-14-32(31)44(62)55(43)19-25-1-2-26(4-3-25)20-56-45(63)33-15-37-38(16-34(33)46(56)64)50(68)58(49(37)67)22-28-9-11-30(12-10-28)24-60-53(71)41-17-39-40(18-42(41)54(60)72)52(70)59(51(39)69)23-29-7-5-27(6-8-29)21-57(47(35)65)48(36)66/h1-18H,19-24H2. The summed E-state index contributed by atoms with van der Waals surface area (Å²) in [7, 11) is 0. The van der Waals surface area contributed by atoms with E-state index in [0.29, 0.717) is 33.4 Å². The van der Waals surface area contributed by atoms with Gasteiger partial charge in [0.2, 0.25) is 0 Å². The highest BCUT2D eigenvalue weighted by Gasteiger charge is 2.24. The Kier molecular flexibility index (Phi) is 8.71. The van der Waals surface area contributed by atoms with E-state index < -0.39 is 66.7 Å². The second-order valence-corrected chi connectivity index (χ2v) is 18.5. The Morgan fingerprint density at radius 3 is 0.375 bits per heavy atom. The topological polar surface area (TPSA) is 234 Å². The van der Waals surface area contributed by atoms with Gasteiger partial charge < -0.3 is 0 Å². The van der Waals surface area contributed by atoms with Crippen molar-refractivity contribution in [2.75, 3.05) is 0 Å². The smallest absolute Gasteiger partial charge is 0.261 e. The summed E-state index contributed by atoms with van der Waals surface area (Å²) in [5, 5.41) is -0.531. The molecule has 6 aromatic carbocycles. The molecule has 12 aromatic rings. The molecule has 0 aliphatic carbocycles. The Bertz CT molecular complexity index is 4060. The third-order valence-corrected chi connectivity index (χ3v) is 14.3. The predicted molar refractivity (Wildman–Crippen MR) is 269 cm³/mol. The fourth-order valence-corrected chi connectivity index (χ4v) is 10.4. The fraction of sp³-hybridized carbons (Fsp3) is 0.111. The molecule has 18 nitrogen and oxygen atoms in total. The molecule has 24 bridgehead atoms. The second kappa shape index (κ2) is 14.8. The molecule has 0 unspecified atom stereocenters. The molecule has 0 atom stereocenters. The SMILES string of the molecule is O=c1c2cc3c(=O)n4c(=O)c3cc2c(=O)n1Cc1ccc(cc1)Cn1c(=O)c2cc3c(=O)n(c(=O)c3cc2c1=O)Cc1ccc(cc1)Cn1c(=O)c2cc3c(=O)n(c(=O)c3cc2c1=O)Cc1ccc(cc1)C4. The van der Waals surface area contributed by atoms with Crippen LogP contribution in [0.4, 0.5) is 0 Å². The third kappa shape index (κ3) is 5.95. The van der Waals surface area contributed by atoms with Gasteiger partial charge in [-0.05, 0) is 69.8 Å².